The Bertz CT molecular complexity index is 1320. The Morgan fingerprint density at radius 3 is 2.11 bits per heavy atom. The highest BCUT2D eigenvalue weighted by atomic mass is 32.2. The van der Waals surface area contributed by atoms with E-state index in [0.29, 0.717) is 23.1 Å². The van der Waals surface area contributed by atoms with Crippen molar-refractivity contribution in [3.63, 3.8) is 0 Å². The van der Waals surface area contributed by atoms with Crippen LogP contribution in [0.1, 0.15) is 12.0 Å². The number of methoxy groups -OCH3 is 1. The summed E-state index contributed by atoms with van der Waals surface area (Å²) < 4.78 is 29.4. The number of sulfone groups is 1. The van der Waals surface area contributed by atoms with Gasteiger partial charge in [0.25, 0.3) is 0 Å². The molecular formula is C26H25NO7S. The summed E-state index contributed by atoms with van der Waals surface area (Å²) in [5, 5.41) is 9.66. The average molecular weight is 496 g/mol. The van der Waals surface area contributed by atoms with E-state index in [0.717, 1.165) is 18.3 Å². The molecule has 1 N–H and O–H groups in total. The van der Waals surface area contributed by atoms with Crippen LogP contribution < -0.4 is 4.90 Å². The van der Waals surface area contributed by atoms with Crippen LogP contribution in [0.3, 0.4) is 0 Å². The predicted molar refractivity (Wildman–Crippen MR) is 131 cm³/mol. The molecule has 0 heterocycles. The Kier molecular flexibility index (Phi) is 7.71. The maximum Gasteiger partial charge on any atom is 0.333 e. The highest BCUT2D eigenvalue weighted by Crippen LogP contribution is 2.34. The fourth-order valence-corrected chi connectivity index (χ4v) is 5.00. The van der Waals surface area contributed by atoms with E-state index in [1.165, 1.54) is 18.2 Å². The van der Waals surface area contributed by atoms with Crippen molar-refractivity contribution in [2.75, 3.05) is 18.3 Å². The Labute approximate surface area is 203 Å². The smallest absolute Gasteiger partial charge is 0.333 e. The van der Waals surface area contributed by atoms with Crippen molar-refractivity contribution in [3.05, 3.63) is 84.4 Å². The molecular weight excluding hydrogens is 470 g/mol. The molecule has 0 saturated carbocycles. The molecule has 0 aliphatic heterocycles. The van der Waals surface area contributed by atoms with Crippen molar-refractivity contribution < 1.29 is 32.6 Å². The fourth-order valence-electron chi connectivity index (χ4n) is 4.09. The summed E-state index contributed by atoms with van der Waals surface area (Å²) in [6.45, 7) is 0. The largest absolute Gasteiger partial charge is 0.481 e. The number of benzene rings is 3. The van der Waals surface area contributed by atoms with Gasteiger partial charge in [0, 0.05) is 23.9 Å². The van der Waals surface area contributed by atoms with Crippen molar-refractivity contribution in [2.45, 2.75) is 23.3 Å². The van der Waals surface area contributed by atoms with Gasteiger partial charge in [0.1, 0.15) is 0 Å². The standard InChI is InChI=1S/C26H25NO7S/c1-34-25(31)26(17-24(29)30,16-19-8-4-3-5-9-19)27(18-28)21-14-12-20(13-15-21)22-10-6-7-11-23(22)35(2,32)33/h3-15,18H,16-17H2,1-2H3,(H,29,30). The highest BCUT2D eigenvalue weighted by Gasteiger charge is 2.48. The topological polar surface area (TPSA) is 118 Å². The quantitative estimate of drug-likeness (QED) is 0.338. The molecule has 3 rings (SSSR count). The van der Waals surface area contributed by atoms with E-state index in [2.05, 4.69) is 0 Å². The third-order valence-corrected chi connectivity index (χ3v) is 6.81. The van der Waals surface area contributed by atoms with Gasteiger partial charge in [-0.05, 0) is 29.3 Å². The van der Waals surface area contributed by atoms with Crippen molar-refractivity contribution in [1.29, 1.82) is 0 Å². The number of aliphatic carboxylic acids is 1. The number of rotatable bonds is 10. The molecule has 1 atom stereocenters. The minimum atomic E-state index is -3.49. The lowest BCUT2D eigenvalue weighted by molar-refractivity contribution is -0.153. The van der Waals surface area contributed by atoms with Crippen molar-refractivity contribution in [1.82, 2.24) is 0 Å². The van der Waals surface area contributed by atoms with Crippen LogP contribution in [-0.2, 0) is 35.4 Å². The molecule has 1 unspecified atom stereocenters. The van der Waals surface area contributed by atoms with Crippen LogP contribution >= 0.6 is 0 Å². The Hall–Kier alpha value is -3.98. The molecule has 182 valence electrons. The van der Waals surface area contributed by atoms with E-state index in [9.17, 15) is 27.9 Å². The minimum Gasteiger partial charge on any atom is -0.481 e. The number of amides is 1. The molecule has 8 nitrogen and oxygen atoms in total. The van der Waals surface area contributed by atoms with E-state index >= 15 is 0 Å². The molecule has 1 amide bonds. The van der Waals surface area contributed by atoms with Gasteiger partial charge >= 0.3 is 11.9 Å². The molecule has 0 aliphatic carbocycles. The zero-order valence-electron chi connectivity index (χ0n) is 19.2. The summed E-state index contributed by atoms with van der Waals surface area (Å²) in [7, 11) is -2.35. The number of carbonyl (C=O) groups is 3. The number of esters is 1. The minimum absolute atomic E-state index is 0.0930. The van der Waals surface area contributed by atoms with Gasteiger partial charge in [0.2, 0.25) is 6.41 Å². The second-order valence-corrected chi connectivity index (χ2v) is 10.0. The van der Waals surface area contributed by atoms with Gasteiger partial charge in [-0.15, -0.1) is 0 Å². The number of nitrogens with zero attached hydrogens (tertiary/aromatic N) is 1. The Morgan fingerprint density at radius 1 is 0.971 bits per heavy atom. The molecule has 0 aromatic heterocycles. The van der Waals surface area contributed by atoms with Crippen molar-refractivity contribution in [2.24, 2.45) is 0 Å². The van der Waals surface area contributed by atoms with Crippen LogP contribution in [0.2, 0.25) is 0 Å². The van der Waals surface area contributed by atoms with Gasteiger partial charge in [-0.2, -0.15) is 0 Å². The monoisotopic (exact) mass is 495 g/mol. The summed E-state index contributed by atoms with van der Waals surface area (Å²) in [5.41, 5.74) is 0.0993. The van der Waals surface area contributed by atoms with Crippen LogP contribution in [0.5, 0.6) is 0 Å². The van der Waals surface area contributed by atoms with E-state index in [1.807, 2.05) is 0 Å². The SMILES string of the molecule is COC(=O)C(CC(=O)O)(Cc1ccccc1)N(C=O)c1ccc(-c2ccccc2S(C)(=O)=O)cc1. The first kappa shape index (κ1) is 25.6. The van der Waals surface area contributed by atoms with Gasteiger partial charge in [0.05, 0.1) is 18.4 Å². The molecule has 0 radical (unpaired) electrons. The molecule has 0 bridgehead atoms. The number of ether oxygens (including phenoxy) is 1. The molecule has 35 heavy (non-hydrogen) atoms. The van der Waals surface area contributed by atoms with Gasteiger partial charge in [0.15, 0.2) is 15.4 Å². The van der Waals surface area contributed by atoms with E-state index in [4.69, 9.17) is 4.74 Å². The van der Waals surface area contributed by atoms with Gasteiger partial charge < -0.3 is 9.84 Å². The average Bonchev–Trinajstić information content (AvgIpc) is 2.84. The maximum atomic E-state index is 13.0. The summed E-state index contributed by atoms with van der Waals surface area (Å²) >= 11 is 0. The van der Waals surface area contributed by atoms with Crippen LogP contribution in [0, 0.1) is 0 Å². The third-order valence-electron chi connectivity index (χ3n) is 5.66. The molecule has 0 spiro atoms. The summed E-state index contributed by atoms with van der Waals surface area (Å²) in [6, 6.07) is 21.5. The van der Waals surface area contributed by atoms with Gasteiger partial charge in [-0.3, -0.25) is 14.5 Å². The molecule has 0 saturated heterocycles. The number of carboxylic acids is 1. The first-order valence-electron chi connectivity index (χ1n) is 10.6. The maximum absolute atomic E-state index is 13.0. The zero-order chi connectivity index (χ0) is 25.6. The molecule has 9 heteroatoms. The highest BCUT2D eigenvalue weighted by molar-refractivity contribution is 7.90. The number of hydrogen-bond acceptors (Lipinski definition) is 6. The normalized spacial score (nSPS) is 12.9. The lowest BCUT2D eigenvalue weighted by atomic mass is 9.85. The Balaban J connectivity index is 2.12. The lowest BCUT2D eigenvalue weighted by Crippen LogP contribution is -2.58. The summed E-state index contributed by atoms with van der Waals surface area (Å²) in [5.74, 6) is -2.15. The van der Waals surface area contributed by atoms with Crippen LogP contribution in [0.15, 0.2) is 83.8 Å². The first-order valence-corrected chi connectivity index (χ1v) is 12.5. The van der Waals surface area contributed by atoms with Crippen LogP contribution in [0.4, 0.5) is 5.69 Å². The first-order chi connectivity index (χ1) is 16.6. The predicted octanol–water partition coefficient (Wildman–Crippen LogP) is 3.35. The number of anilines is 1. The molecule has 0 fully saturated rings. The van der Waals surface area contributed by atoms with E-state index in [-0.39, 0.29) is 17.0 Å². The summed E-state index contributed by atoms with van der Waals surface area (Å²) in [4.78, 5) is 38.4. The summed E-state index contributed by atoms with van der Waals surface area (Å²) in [6.07, 6.45) is 0.743. The Morgan fingerprint density at radius 2 is 1.57 bits per heavy atom. The number of carboxylic acid groups (broad SMARTS) is 1. The molecule has 3 aromatic rings. The molecule has 3 aromatic carbocycles. The van der Waals surface area contributed by atoms with E-state index in [1.54, 1.807) is 60.7 Å². The second-order valence-electron chi connectivity index (χ2n) is 8.05. The van der Waals surface area contributed by atoms with E-state index < -0.39 is 33.7 Å². The van der Waals surface area contributed by atoms with Crippen molar-refractivity contribution >= 4 is 33.9 Å². The van der Waals surface area contributed by atoms with Gasteiger partial charge in [-0.25, -0.2) is 13.2 Å². The zero-order valence-corrected chi connectivity index (χ0v) is 20.1. The van der Waals surface area contributed by atoms with Crippen molar-refractivity contribution in [3.8, 4) is 11.1 Å². The number of hydrogen-bond donors (Lipinski definition) is 1. The second kappa shape index (κ2) is 10.5. The number of carbonyl (C=O) groups excluding carboxylic acids is 2. The van der Waals surface area contributed by atoms with Crippen LogP contribution in [0.25, 0.3) is 11.1 Å². The van der Waals surface area contributed by atoms with Gasteiger partial charge in [-0.1, -0.05) is 60.7 Å². The van der Waals surface area contributed by atoms with Crippen LogP contribution in [-0.4, -0.2) is 50.8 Å². The third kappa shape index (κ3) is 5.58. The lowest BCUT2D eigenvalue weighted by Gasteiger charge is -2.38. The fraction of sp³-hybridized carbons (Fsp3) is 0.192. The molecule has 0 aliphatic rings.